The van der Waals surface area contributed by atoms with Crippen LogP contribution in [0.25, 0.3) is 27.1 Å². The molecule has 0 saturated heterocycles. The van der Waals surface area contributed by atoms with Gasteiger partial charge in [0.25, 0.3) is 5.56 Å². The minimum absolute atomic E-state index is 0.139. The Morgan fingerprint density at radius 3 is 2.16 bits per heavy atom. The summed E-state index contributed by atoms with van der Waals surface area (Å²) in [4.78, 5) is 13.4. The SMILES string of the molecule is COc1cc2c(cc1OCc1ccccc1)c(=O)n1ccc3c(OC)cc(OC)c2c31. The van der Waals surface area contributed by atoms with Crippen molar-refractivity contribution >= 4 is 27.1 Å². The third-order valence-corrected chi connectivity index (χ3v) is 5.60. The Balaban J connectivity index is 1.78. The standard InChI is InChI=1S/C25H21NO5/c1-28-19-13-22(30-3)23-17-11-20(29-2)21(31-14-15-7-5-4-6-8-15)12-18(17)25(27)26-10-9-16(19)24(23)26/h4-13H,14H2,1-3H3. The Morgan fingerprint density at radius 2 is 1.45 bits per heavy atom. The lowest BCUT2D eigenvalue weighted by atomic mass is 10.0. The van der Waals surface area contributed by atoms with Gasteiger partial charge >= 0.3 is 0 Å². The zero-order chi connectivity index (χ0) is 21.5. The average Bonchev–Trinajstić information content (AvgIpc) is 3.26. The monoisotopic (exact) mass is 415 g/mol. The van der Waals surface area contributed by atoms with E-state index in [-0.39, 0.29) is 5.56 Å². The number of hydrogen-bond donors (Lipinski definition) is 0. The summed E-state index contributed by atoms with van der Waals surface area (Å²) in [5.74, 6) is 2.34. The second kappa shape index (κ2) is 7.40. The van der Waals surface area contributed by atoms with E-state index in [9.17, 15) is 4.79 Å². The third-order valence-electron chi connectivity index (χ3n) is 5.60. The van der Waals surface area contributed by atoms with Crippen molar-refractivity contribution in [3.8, 4) is 23.0 Å². The highest BCUT2D eigenvalue weighted by Gasteiger charge is 2.21. The Bertz CT molecular complexity index is 1460. The van der Waals surface area contributed by atoms with E-state index >= 15 is 0 Å². The molecule has 0 aliphatic carbocycles. The molecule has 0 bridgehead atoms. The number of methoxy groups -OCH3 is 3. The highest BCUT2D eigenvalue weighted by atomic mass is 16.5. The van der Waals surface area contributed by atoms with Gasteiger partial charge in [0.05, 0.1) is 32.2 Å². The molecule has 0 aliphatic heterocycles. The van der Waals surface area contributed by atoms with Crippen LogP contribution in [0.15, 0.2) is 65.6 Å². The highest BCUT2D eigenvalue weighted by molar-refractivity contribution is 6.16. The molecule has 0 spiro atoms. The quantitative estimate of drug-likeness (QED) is 0.378. The summed E-state index contributed by atoms with van der Waals surface area (Å²) in [7, 11) is 4.80. The Labute approximate surface area is 178 Å². The molecule has 0 unspecified atom stereocenters. The van der Waals surface area contributed by atoms with E-state index in [1.807, 2.05) is 48.5 Å². The smallest absolute Gasteiger partial charge is 0.263 e. The van der Waals surface area contributed by atoms with E-state index in [1.54, 1.807) is 38.0 Å². The van der Waals surface area contributed by atoms with Crippen LogP contribution in [0.1, 0.15) is 5.56 Å². The van der Waals surface area contributed by atoms with Crippen LogP contribution in [0.3, 0.4) is 0 Å². The summed E-state index contributed by atoms with van der Waals surface area (Å²) < 4.78 is 24.5. The first kappa shape index (κ1) is 19.1. The molecule has 0 atom stereocenters. The molecule has 2 heterocycles. The summed E-state index contributed by atoms with van der Waals surface area (Å²) in [6.45, 7) is 0.370. The van der Waals surface area contributed by atoms with Crippen molar-refractivity contribution in [1.29, 1.82) is 0 Å². The summed E-state index contributed by atoms with van der Waals surface area (Å²) in [5, 5.41) is 2.94. The van der Waals surface area contributed by atoms with Crippen molar-refractivity contribution in [3.05, 3.63) is 76.7 Å². The van der Waals surface area contributed by atoms with Gasteiger partial charge in [0.2, 0.25) is 0 Å². The summed E-state index contributed by atoms with van der Waals surface area (Å²) >= 11 is 0. The fraction of sp³-hybridized carbons (Fsp3) is 0.160. The predicted molar refractivity (Wildman–Crippen MR) is 120 cm³/mol. The molecule has 0 N–H and O–H groups in total. The summed E-state index contributed by atoms with van der Waals surface area (Å²) in [6.07, 6.45) is 1.76. The second-order valence-electron chi connectivity index (χ2n) is 7.23. The molecule has 0 saturated carbocycles. The average molecular weight is 415 g/mol. The van der Waals surface area contributed by atoms with Crippen LogP contribution in [0.5, 0.6) is 23.0 Å². The number of pyridine rings is 1. The van der Waals surface area contributed by atoms with E-state index in [4.69, 9.17) is 18.9 Å². The van der Waals surface area contributed by atoms with Crippen LogP contribution in [-0.2, 0) is 6.61 Å². The third kappa shape index (κ3) is 2.91. The normalized spacial score (nSPS) is 11.3. The van der Waals surface area contributed by atoms with Gasteiger partial charge in [-0.05, 0) is 23.8 Å². The number of nitrogens with zero attached hydrogens (tertiary/aromatic N) is 1. The van der Waals surface area contributed by atoms with Crippen LogP contribution in [-0.4, -0.2) is 25.7 Å². The predicted octanol–water partition coefficient (Wildman–Crippen LogP) is 4.65. The van der Waals surface area contributed by atoms with Crippen LogP contribution >= 0.6 is 0 Å². The van der Waals surface area contributed by atoms with Crippen LogP contribution in [0, 0.1) is 0 Å². The zero-order valence-electron chi connectivity index (χ0n) is 17.5. The summed E-state index contributed by atoms with van der Waals surface area (Å²) in [6, 6.07) is 17.2. The Hall–Kier alpha value is -3.93. The van der Waals surface area contributed by atoms with Crippen molar-refractivity contribution < 1.29 is 18.9 Å². The molecule has 3 aromatic carbocycles. The molecule has 5 aromatic rings. The fourth-order valence-electron chi connectivity index (χ4n) is 4.11. The van der Waals surface area contributed by atoms with E-state index in [0.717, 1.165) is 27.2 Å². The van der Waals surface area contributed by atoms with Crippen molar-refractivity contribution in [3.63, 3.8) is 0 Å². The van der Waals surface area contributed by atoms with Crippen molar-refractivity contribution in [1.82, 2.24) is 4.40 Å². The first-order chi connectivity index (χ1) is 15.2. The maximum atomic E-state index is 13.4. The van der Waals surface area contributed by atoms with Crippen LogP contribution < -0.4 is 24.5 Å². The molecule has 156 valence electrons. The van der Waals surface area contributed by atoms with Gasteiger partial charge < -0.3 is 18.9 Å². The largest absolute Gasteiger partial charge is 0.496 e. The van der Waals surface area contributed by atoms with Gasteiger partial charge in [-0.15, -0.1) is 0 Å². The minimum Gasteiger partial charge on any atom is -0.496 e. The van der Waals surface area contributed by atoms with Crippen molar-refractivity contribution in [2.75, 3.05) is 21.3 Å². The van der Waals surface area contributed by atoms with Gasteiger partial charge in [0.1, 0.15) is 18.1 Å². The van der Waals surface area contributed by atoms with Gasteiger partial charge in [-0.25, -0.2) is 0 Å². The number of rotatable bonds is 6. The lowest BCUT2D eigenvalue weighted by Gasteiger charge is -2.16. The molecular formula is C25H21NO5. The molecule has 0 aliphatic rings. The molecule has 0 amide bonds. The molecule has 31 heavy (non-hydrogen) atoms. The van der Waals surface area contributed by atoms with Crippen LogP contribution in [0.4, 0.5) is 0 Å². The lowest BCUT2D eigenvalue weighted by molar-refractivity contribution is 0.285. The molecule has 6 nitrogen and oxygen atoms in total. The fourth-order valence-corrected chi connectivity index (χ4v) is 4.11. The Morgan fingerprint density at radius 1 is 0.742 bits per heavy atom. The molecule has 0 fully saturated rings. The minimum atomic E-state index is -0.139. The van der Waals surface area contributed by atoms with E-state index < -0.39 is 0 Å². The van der Waals surface area contributed by atoms with Gasteiger partial charge in [-0.3, -0.25) is 9.20 Å². The molecule has 0 radical (unpaired) electrons. The van der Waals surface area contributed by atoms with E-state index in [1.165, 1.54) is 0 Å². The maximum Gasteiger partial charge on any atom is 0.263 e. The zero-order valence-corrected chi connectivity index (χ0v) is 17.5. The van der Waals surface area contributed by atoms with E-state index in [0.29, 0.717) is 35.0 Å². The number of fused-ring (bicyclic) bond motifs is 2. The van der Waals surface area contributed by atoms with Gasteiger partial charge in [-0.2, -0.15) is 0 Å². The van der Waals surface area contributed by atoms with Crippen LogP contribution in [0.2, 0.25) is 0 Å². The maximum absolute atomic E-state index is 13.4. The van der Waals surface area contributed by atoms with Gasteiger partial charge in [0, 0.05) is 28.4 Å². The Kier molecular flexibility index (Phi) is 4.55. The van der Waals surface area contributed by atoms with Crippen molar-refractivity contribution in [2.45, 2.75) is 6.61 Å². The molecule has 6 heteroatoms. The highest BCUT2D eigenvalue weighted by Crippen LogP contribution is 2.42. The first-order valence-electron chi connectivity index (χ1n) is 9.86. The lowest BCUT2D eigenvalue weighted by Crippen LogP contribution is -2.13. The molecule has 2 aromatic heterocycles. The molecule has 5 rings (SSSR count). The topological polar surface area (TPSA) is 58.4 Å². The molecular weight excluding hydrogens is 394 g/mol. The number of benzene rings is 3. The first-order valence-corrected chi connectivity index (χ1v) is 9.86. The number of aromatic nitrogens is 1. The van der Waals surface area contributed by atoms with Gasteiger partial charge in [-0.1, -0.05) is 30.3 Å². The van der Waals surface area contributed by atoms with Crippen molar-refractivity contribution in [2.24, 2.45) is 0 Å². The van der Waals surface area contributed by atoms with Gasteiger partial charge in [0.15, 0.2) is 11.5 Å². The number of hydrogen-bond acceptors (Lipinski definition) is 5. The summed E-state index contributed by atoms with van der Waals surface area (Å²) in [5.41, 5.74) is 1.65. The number of ether oxygens (including phenoxy) is 4. The van der Waals surface area contributed by atoms with E-state index in [2.05, 4.69) is 0 Å². The second-order valence-corrected chi connectivity index (χ2v) is 7.23.